The topological polar surface area (TPSA) is 104 Å². The van der Waals surface area contributed by atoms with Gasteiger partial charge in [-0.25, -0.2) is 4.79 Å². The molecule has 0 aromatic heterocycles. The van der Waals surface area contributed by atoms with Crippen LogP contribution in [0.1, 0.15) is 20.8 Å². The highest BCUT2D eigenvalue weighted by atomic mass is 16.3. The summed E-state index contributed by atoms with van der Waals surface area (Å²) < 4.78 is 0. The maximum atomic E-state index is 11.1. The molecule has 0 aromatic carbocycles. The SMILES string of the molecule is CC(C)(C)NC(=O)NCC(O)C(N)=O. The zero-order valence-electron chi connectivity index (χ0n) is 8.63. The fraction of sp³-hybridized carbons (Fsp3) is 0.750. The van der Waals surface area contributed by atoms with E-state index < -0.39 is 18.0 Å². The summed E-state index contributed by atoms with van der Waals surface area (Å²) >= 11 is 0. The minimum atomic E-state index is -1.35. The monoisotopic (exact) mass is 203 g/mol. The summed E-state index contributed by atoms with van der Waals surface area (Å²) in [4.78, 5) is 21.5. The van der Waals surface area contributed by atoms with Gasteiger partial charge in [0, 0.05) is 5.54 Å². The van der Waals surface area contributed by atoms with E-state index in [-0.39, 0.29) is 12.1 Å². The Balaban J connectivity index is 3.81. The van der Waals surface area contributed by atoms with E-state index in [1.807, 2.05) is 20.8 Å². The van der Waals surface area contributed by atoms with Crippen LogP contribution in [0.5, 0.6) is 0 Å². The van der Waals surface area contributed by atoms with E-state index in [1.54, 1.807) is 0 Å². The fourth-order valence-corrected chi connectivity index (χ4v) is 0.675. The van der Waals surface area contributed by atoms with Crippen molar-refractivity contribution in [3.05, 3.63) is 0 Å². The van der Waals surface area contributed by atoms with Crippen molar-refractivity contribution in [1.82, 2.24) is 10.6 Å². The summed E-state index contributed by atoms with van der Waals surface area (Å²) in [7, 11) is 0. The van der Waals surface area contributed by atoms with E-state index in [0.717, 1.165) is 0 Å². The van der Waals surface area contributed by atoms with Crippen LogP contribution in [-0.2, 0) is 4.79 Å². The van der Waals surface area contributed by atoms with Crippen LogP contribution in [0.3, 0.4) is 0 Å². The van der Waals surface area contributed by atoms with Gasteiger partial charge < -0.3 is 21.5 Å². The molecule has 6 heteroatoms. The summed E-state index contributed by atoms with van der Waals surface area (Å²) in [5, 5.41) is 13.9. The number of carbonyl (C=O) groups is 2. The molecule has 0 aromatic rings. The average Bonchev–Trinajstić information content (AvgIpc) is 1.96. The van der Waals surface area contributed by atoms with Gasteiger partial charge in [-0.05, 0) is 20.8 Å². The number of primary amides is 1. The maximum Gasteiger partial charge on any atom is 0.315 e. The number of aliphatic hydroxyl groups is 1. The van der Waals surface area contributed by atoms with Crippen molar-refractivity contribution >= 4 is 11.9 Å². The number of rotatable bonds is 3. The summed E-state index contributed by atoms with van der Waals surface area (Å²) in [5.74, 6) is -0.860. The Bertz CT molecular complexity index is 222. The molecule has 0 saturated carbocycles. The van der Waals surface area contributed by atoms with Gasteiger partial charge in [-0.3, -0.25) is 4.79 Å². The molecule has 3 amide bonds. The third kappa shape index (κ3) is 6.24. The summed E-state index contributed by atoms with van der Waals surface area (Å²) in [6.45, 7) is 5.27. The lowest BCUT2D eigenvalue weighted by Crippen LogP contribution is -2.49. The molecule has 0 spiro atoms. The van der Waals surface area contributed by atoms with Crippen molar-refractivity contribution in [2.75, 3.05) is 6.54 Å². The van der Waals surface area contributed by atoms with E-state index in [9.17, 15) is 9.59 Å². The van der Waals surface area contributed by atoms with E-state index in [1.165, 1.54) is 0 Å². The molecule has 0 bridgehead atoms. The zero-order valence-corrected chi connectivity index (χ0v) is 8.63. The highest BCUT2D eigenvalue weighted by molar-refractivity contribution is 5.80. The largest absolute Gasteiger partial charge is 0.381 e. The van der Waals surface area contributed by atoms with Gasteiger partial charge >= 0.3 is 6.03 Å². The van der Waals surface area contributed by atoms with Crippen molar-refractivity contribution in [3.8, 4) is 0 Å². The second-order valence-corrected chi connectivity index (χ2v) is 4.00. The molecule has 0 aliphatic carbocycles. The van der Waals surface area contributed by atoms with Gasteiger partial charge in [0.1, 0.15) is 6.10 Å². The molecule has 1 atom stereocenters. The van der Waals surface area contributed by atoms with Crippen LogP contribution in [0.4, 0.5) is 4.79 Å². The number of aliphatic hydroxyl groups excluding tert-OH is 1. The smallest absolute Gasteiger partial charge is 0.315 e. The lowest BCUT2D eigenvalue weighted by molar-refractivity contribution is -0.125. The van der Waals surface area contributed by atoms with Gasteiger partial charge in [0.25, 0.3) is 0 Å². The van der Waals surface area contributed by atoms with Crippen LogP contribution >= 0.6 is 0 Å². The van der Waals surface area contributed by atoms with Crippen molar-refractivity contribution in [2.24, 2.45) is 5.73 Å². The molecule has 0 aliphatic rings. The van der Waals surface area contributed by atoms with Crippen molar-refractivity contribution in [2.45, 2.75) is 32.4 Å². The number of amides is 3. The van der Waals surface area contributed by atoms with Crippen molar-refractivity contribution in [3.63, 3.8) is 0 Å². The van der Waals surface area contributed by atoms with Gasteiger partial charge in [-0.1, -0.05) is 0 Å². The predicted octanol–water partition coefficient (Wildman–Crippen LogP) is -1.07. The van der Waals surface area contributed by atoms with Crippen LogP contribution in [0.25, 0.3) is 0 Å². The van der Waals surface area contributed by atoms with Crippen LogP contribution in [-0.4, -0.2) is 35.2 Å². The van der Waals surface area contributed by atoms with Crippen LogP contribution in [0.2, 0.25) is 0 Å². The first-order valence-electron chi connectivity index (χ1n) is 4.26. The van der Waals surface area contributed by atoms with E-state index in [2.05, 4.69) is 10.6 Å². The molecule has 6 nitrogen and oxygen atoms in total. The highest BCUT2D eigenvalue weighted by Crippen LogP contribution is 1.97. The minimum Gasteiger partial charge on any atom is -0.381 e. The number of nitrogens with one attached hydrogen (secondary N) is 2. The third-order valence-electron chi connectivity index (χ3n) is 1.27. The Labute approximate surface area is 82.9 Å². The van der Waals surface area contributed by atoms with Gasteiger partial charge in [-0.15, -0.1) is 0 Å². The van der Waals surface area contributed by atoms with Crippen LogP contribution in [0.15, 0.2) is 0 Å². The maximum absolute atomic E-state index is 11.1. The molecule has 82 valence electrons. The van der Waals surface area contributed by atoms with E-state index >= 15 is 0 Å². The number of carbonyl (C=O) groups excluding carboxylic acids is 2. The molecule has 0 rings (SSSR count). The van der Waals surface area contributed by atoms with E-state index in [0.29, 0.717) is 0 Å². The quantitative estimate of drug-likeness (QED) is 0.469. The number of nitrogens with two attached hydrogens (primary N) is 1. The van der Waals surface area contributed by atoms with Gasteiger partial charge in [0.05, 0.1) is 6.54 Å². The lowest BCUT2D eigenvalue weighted by atomic mass is 10.1. The molecular weight excluding hydrogens is 186 g/mol. The molecule has 0 heterocycles. The second-order valence-electron chi connectivity index (χ2n) is 4.00. The van der Waals surface area contributed by atoms with Crippen LogP contribution in [0, 0.1) is 0 Å². The number of hydrogen-bond donors (Lipinski definition) is 4. The molecular formula is C8H17N3O3. The van der Waals surface area contributed by atoms with Gasteiger partial charge in [0.15, 0.2) is 0 Å². The predicted molar refractivity (Wildman–Crippen MR) is 51.5 cm³/mol. The van der Waals surface area contributed by atoms with Gasteiger partial charge in [0.2, 0.25) is 5.91 Å². The molecule has 14 heavy (non-hydrogen) atoms. The highest BCUT2D eigenvalue weighted by Gasteiger charge is 2.15. The van der Waals surface area contributed by atoms with Crippen molar-refractivity contribution < 1.29 is 14.7 Å². The zero-order chi connectivity index (χ0) is 11.4. The summed E-state index contributed by atoms with van der Waals surface area (Å²) in [6, 6.07) is -0.446. The minimum absolute atomic E-state index is 0.183. The summed E-state index contributed by atoms with van der Waals surface area (Å²) in [6.07, 6.45) is -1.35. The molecule has 0 fully saturated rings. The average molecular weight is 203 g/mol. The number of hydrogen-bond acceptors (Lipinski definition) is 3. The molecule has 0 saturated heterocycles. The lowest BCUT2D eigenvalue weighted by Gasteiger charge is -2.21. The molecule has 0 aliphatic heterocycles. The Morgan fingerprint density at radius 3 is 2.29 bits per heavy atom. The van der Waals surface area contributed by atoms with E-state index in [4.69, 9.17) is 10.8 Å². The normalized spacial score (nSPS) is 13.1. The number of urea groups is 1. The first-order valence-corrected chi connectivity index (χ1v) is 4.26. The molecule has 1 unspecified atom stereocenters. The Morgan fingerprint density at radius 2 is 1.93 bits per heavy atom. The van der Waals surface area contributed by atoms with Gasteiger partial charge in [-0.2, -0.15) is 0 Å². The first-order chi connectivity index (χ1) is 6.22. The fourth-order valence-electron chi connectivity index (χ4n) is 0.675. The first kappa shape index (κ1) is 12.7. The summed E-state index contributed by atoms with van der Waals surface area (Å²) in [5.41, 5.74) is 4.43. The molecule has 5 N–H and O–H groups in total. The van der Waals surface area contributed by atoms with Crippen molar-refractivity contribution in [1.29, 1.82) is 0 Å². The Kier molecular flexibility index (Phi) is 4.36. The second kappa shape index (κ2) is 4.80. The molecule has 0 radical (unpaired) electrons. The Hall–Kier alpha value is -1.30. The third-order valence-corrected chi connectivity index (χ3v) is 1.27. The standard InChI is InChI=1S/C8H17N3O3/c1-8(2,3)11-7(14)10-4-5(12)6(9)13/h5,12H,4H2,1-3H3,(H2,9,13)(H2,10,11,14). The van der Waals surface area contributed by atoms with Crippen LogP contribution < -0.4 is 16.4 Å². The Morgan fingerprint density at radius 1 is 1.43 bits per heavy atom.